The zero-order valence-electron chi connectivity index (χ0n) is 12.4. The van der Waals surface area contributed by atoms with Crippen molar-refractivity contribution in [2.75, 3.05) is 39.3 Å². The Morgan fingerprint density at radius 1 is 1.30 bits per heavy atom. The van der Waals surface area contributed by atoms with Crippen LogP contribution in [0.1, 0.15) is 26.7 Å². The molecule has 114 valence electrons. The molecule has 0 unspecified atom stereocenters. The molecule has 20 heavy (non-hydrogen) atoms. The molecule has 2 rings (SSSR count). The highest BCUT2D eigenvalue weighted by Gasteiger charge is 2.42. The third kappa shape index (κ3) is 3.12. The molecule has 0 aromatic heterocycles. The van der Waals surface area contributed by atoms with Crippen LogP contribution in [0.5, 0.6) is 0 Å². The quantitative estimate of drug-likeness (QED) is 0.740. The third-order valence-electron chi connectivity index (χ3n) is 4.40. The molecule has 2 fully saturated rings. The van der Waals surface area contributed by atoms with Gasteiger partial charge in [0, 0.05) is 26.1 Å². The van der Waals surface area contributed by atoms with Crippen LogP contribution in [0, 0.1) is 0 Å². The van der Waals surface area contributed by atoms with Crippen molar-refractivity contribution in [1.29, 1.82) is 0 Å². The second-order valence-electron chi connectivity index (χ2n) is 5.57. The Hall–Kier alpha value is -1.14. The molecular formula is C14H25N3O3. The molecule has 0 bridgehead atoms. The summed E-state index contributed by atoms with van der Waals surface area (Å²) in [5, 5.41) is 9.72. The summed E-state index contributed by atoms with van der Waals surface area (Å²) in [6.07, 6.45) is 0.497. The average molecular weight is 283 g/mol. The zero-order valence-corrected chi connectivity index (χ0v) is 12.4. The van der Waals surface area contributed by atoms with Gasteiger partial charge in [0.05, 0.1) is 12.6 Å². The molecule has 0 saturated carbocycles. The number of likely N-dealkylation sites (N-methyl/N-ethyl adjacent to an activating group) is 1. The number of aliphatic hydroxyl groups excluding tert-OH is 1. The van der Waals surface area contributed by atoms with Crippen LogP contribution >= 0.6 is 0 Å². The van der Waals surface area contributed by atoms with Crippen LogP contribution in [0.15, 0.2) is 0 Å². The fraction of sp³-hybridized carbons (Fsp3) is 0.857. The molecule has 0 aromatic carbocycles. The molecule has 2 aliphatic rings. The second kappa shape index (κ2) is 6.54. The van der Waals surface area contributed by atoms with Crippen molar-refractivity contribution in [2.24, 2.45) is 0 Å². The molecule has 2 atom stereocenters. The smallest absolute Gasteiger partial charge is 0.245 e. The van der Waals surface area contributed by atoms with Crippen LogP contribution in [0.25, 0.3) is 0 Å². The first kappa shape index (κ1) is 15.3. The first-order chi connectivity index (χ1) is 9.56. The average Bonchev–Trinajstić information content (AvgIpc) is 2.44. The maximum Gasteiger partial charge on any atom is 0.245 e. The van der Waals surface area contributed by atoms with Crippen molar-refractivity contribution >= 4 is 11.8 Å². The summed E-state index contributed by atoms with van der Waals surface area (Å²) in [6.45, 7) is 8.14. The van der Waals surface area contributed by atoms with Gasteiger partial charge in [-0.1, -0.05) is 13.8 Å². The number of hydrogen-bond acceptors (Lipinski definition) is 4. The molecule has 0 aromatic rings. The summed E-state index contributed by atoms with van der Waals surface area (Å²) in [5.41, 5.74) is 0. The Labute approximate surface area is 120 Å². The minimum atomic E-state index is -0.462. The van der Waals surface area contributed by atoms with E-state index >= 15 is 0 Å². The molecule has 1 N–H and O–H groups in total. The van der Waals surface area contributed by atoms with E-state index in [0.29, 0.717) is 25.9 Å². The van der Waals surface area contributed by atoms with E-state index in [0.717, 1.165) is 19.6 Å². The van der Waals surface area contributed by atoms with Gasteiger partial charge in [0.15, 0.2) is 0 Å². The van der Waals surface area contributed by atoms with Crippen molar-refractivity contribution in [2.45, 2.75) is 38.8 Å². The van der Waals surface area contributed by atoms with E-state index in [9.17, 15) is 14.7 Å². The van der Waals surface area contributed by atoms with Crippen molar-refractivity contribution in [3.8, 4) is 0 Å². The number of nitrogens with zero attached hydrogens (tertiary/aromatic N) is 3. The van der Waals surface area contributed by atoms with Gasteiger partial charge >= 0.3 is 0 Å². The van der Waals surface area contributed by atoms with Gasteiger partial charge in [-0.3, -0.25) is 9.59 Å². The van der Waals surface area contributed by atoms with E-state index in [2.05, 4.69) is 18.7 Å². The molecule has 2 saturated heterocycles. The summed E-state index contributed by atoms with van der Waals surface area (Å²) in [5.74, 6) is 0.0107. The summed E-state index contributed by atoms with van der Waals surface area (Å²) in [4.78, 5) is 30.1. The SMILES string of the molecule is CCN(CC)CCN1CC(=O)N2CC[C@@H](O)C[C@H]2C1=O. The van der Waals surface area contributed by atoms with Crippen molar-refractivity contribution in [1.82, 2.24) is 14.7 Å². The Morgan fingerprint density at radius 2 is 2.00 bits per heavy atom. The van der Waals surface area contributed by atoms with Gasteiger partial charge in [-0.15, -0.1) is 0 Å². The minimum Gasteiger partial charge on any atom is -0.393 e. The predicted octanol–water partition coefficient (Wildman–Crippen LogP) is -0.478. The fourth-order valence-electron chi connectivity index (χ4n) is 3.01. The van der Waals surface area contributed by atoms with E-state index in [4.69, 9.17) is 0 Å². The van der Waals surface area contributed by atoms with Crippen molar-refractivity contribution in [3.05, 3.63) is 0 Å². The van der Waals surface area contributed by atoms with Gasteiger partial charge in [-0.25, -0.2) is 0 Å². The lowest BCUT2D eigenvalue weighted by atomic mass is 9.96. The van der Waals surface area contributed by atoms with Gasteiger partial charge in [0.2, 0.25) is 11.8 Å². The van der Waals surface area contributed by atoms with E-state index in [1.165, 1.54) is 0 Å². The molecule has 0 radical (unpaired) electrons. The Bertz CT molecular complexity index is 371. The van der Waals surface area contributed by atoms with Crippen molar-refractivity contribution < 1.29 is 14.7 Å². The molecule has 2 heterocycles. The number of piperazine rings is 1. The first-order valence-corrected chi connectivity index (χ1v) is 7.55. The van der Waals surface area contributed by atoms with E-state index in [1.54, 1.807) is 9.80 Å². The van der Waals surface area contributed by atoms with E-state index in [1.807, 2.05) is 0 Å². The van der Waals surface area contributed by atoms with E-state index < -0.39 is 12.1 Å². The van der Waals surface area contributed by atoms with E-state index in [-0.39, 0.29) is 18.4 Å². The molecule has 6 nitrogen and oxygen atoms in total. The lowest BCUT2D eigenvalue weighted by Gasteiger charge is -2.44. The largest absolute Gasteiger partial charge is 0.393 e. The lowest BCUT2D eigenvalue weighted by Crippen LogP contribution is -2.63. The number of fused-ring (bicyclic) bond motifs is 1. The summed E-state index contributed by atoms with van der Waals surface area (Å²) in [7, 11) is 0. The summed E-state index contributed by atoms with van der Waals surface area (Å²) in [6, 6.07) is -0.447. The Balaban J connectivity index is 1.98. The lowest BCUT2D eigenvalue weighted by molar-refractivity contribution is -0.160. The highest BCUT2D eigenvalue weighted by atomic mass is 16.3. The van der Waals surface area contributed by atoms with Gasteiger partial charge in [0.1, 0.15) is 6.04 Å². The summed E-state index contributed by atoms with van der Waals surface area (Å²) < 4.78 is 0. The van der Waals surface area contributed by atoms with Crippen molar-refractivity contribution in [3.63, 3.8) is 0 Å². The van der Waals surface area contributed by atoms with Gasteiger partial charge in [0.25, 0.3) is 0 Å². The van der Waals surface area contributed by atoms with Gasteiger partial charge in [-0.05, 0) is 19.5 Å². The number of rotatable bonds is 5. The van der Waals surface area contributed by atoms with Crippen LogP contribution in [0.4, 0.5) is 0 Å². The van der Waals surface area contributed by atoms with Crippen LogP contribution in [-0.4, -0.2) is 83.0 Å². The van der Waals surface area contributed by atoms with Crippen LogP contribution in [-0.2, 0) is 9.59 Å². The summed E-state index contributed by atoms with van der Waals surface area (Å²) >= 11 is 0. The zero-order chi connectivity index (χ0) is 14.7. The standard InChI is InChI=1S/C14H25N3O3/c1-3-15(4-2)7-8-16-10-13(19)17-6-5-11(18)9-12(17)14(16)20/h11-12,18H,3-10H2,1-2H3/t11-,12+/m1/s1. The molecule has 0 spiro atoms. The highest BCUT2D eigenvalue weighted by molar-refractivity contribution is 5.95. The third-order valence-corrected chi connectivity index (χ3v) is 4.40. The molecule has 0 aliphatic carbocycles. The number of amides is 2. The topological polar surface area (TPSA) is 64.1 Å². The van der Waals surface area contributed by atoms with Crippen LogP contribution < -0.4 is 0 Å². The minimum absolute atomic E-state index is 0.00416. The highest BCUT2D eigenvalue weighted by Crippen LogP contribution is 2.23. The Kier molecular flexibility index (Phi) is 4.99. The molecular weight excluding hydrogens is 258 g/mol. The molecule has 6 heteroatoms. The van der Waals surface area contributed by atoms with Gasteiger partial charge < -0.3 is 19.8 Å². The van der Waals surface area contributed by atoms with Crippen LogP contribution in [0.3, 0.4) is 0 Å². The fourth-order valence-corrected chi connectivity index (χ4v) is 3.01. The predicted molar refractivity (Wildman–Crippen MR) is 75.1 cm³/mol. The number of aliphatic hydroxyl groups is 1. The molecule has 2 aliphatic heterocycles. The second-order valence-corrected chi connectivity index (χ2v) is 5.57. The monoisotopic (exact) mass is 283 g/mol. The number of carbonyl (C=O) groups excluding carboxylic acids is 2. The normalized spacial score (nSPS) is 27.2. The maximum absolute atomic E-state index is 12.4. The molecule has 2 amide bonds. The Morgan fingerprint density at radius 3 is 2.65 bits per heavy atom. The maximum atomic E-state index is 12.4. The van der Waals surface area contributed by atoms with Gasteiger partial charge in [-0.2, -0.15) is 0 Å². The first-order valence-electron chi connectivity index (χ1n) is 7.55. The van der Waals surface area contributed by atoms with Crippen LogP contribution in [0.2, 0.25) is 0 Å². The number of carbonyl (C=O) groups is 2. The number of piperidine rings is 1. The number of hydrogen-bond donors (Lipinski definition) is 1.